The summed E-state index contributed by atoms with van der Waals surface area (Å²) in [5.41, 5.74) is 4.02. The van der Waals surface area contributed by atoms with E-state index in [1.165, 1.54) is 4.31 Å². The van der Waals surface area contributed by atoms with Gasteiger partial charge in [0, 0.05) is 43.6 Å². The first-order valence-corrected chi connectivity index (χ1v) is 17.7. The Balaban J connectivity index is 1.64. The van der Waals surface area contributed by atoms with Crippen molar-refractivity contribution in [2.24, 2.45) is 11.8 Å². The van der Waals surface area contributed by atoms with E-state index >= 15 is 0 Å². The Bertz CT molecular complexity index is 1550. The van der Waals surface area contributed by atoms with Crippen LogP contribution in [0.1, 0.15) is 81.3 Å². The highest BCUT2D eigenvalue weighted by Crippen LogP contribution is 2.36. The molecule has 2 N–H and O–H groups in total. The number of carbonyl (C=O) groups excluding carboxylic acids is 2. The number of ketones is 2. The number of nitrogens with one attached hydrogen (secondary N) is 1. The molecular formula is C35H49N3O5S. The molecule has 0 unspecified atom stereocenters. The second-order valence-corrected chi connectivity index (χ2v) is 14.8. The summed E-state index contributed by atoms with van der Waals surface area (Å²) in [7, 11) is -1.96. The number of sulfonamides is 1. The van der Waals surface area contributed by atoms with Crippen LogP contribution in [0.4, 0.5) is 5.69 Å². The Morgan fingerprint density at radius 3 is 2.45 bits per heavy atom. The summed E-state index contributed by atoms with van der Waals surface area (Å²) in [6, 6.07) is 12.9. The van der Waals surface area contributed by atoms with Crippen LogP contribution < -0.4 is 9.62 Å². The van der Waals surface area contributed by atoms with Crippen molar-refractivity contribution in [3.63, 3.8) is 0 Å². The Morgan fingerprint density at radius 1 is 1.07 bits per heavy atom. The van der Waals surface area contributed by atoms with E-state index < -0.39 is 22.2 Å². The molecule has 1 aliphatic rings. The third-order valence-electron chi connectivity index (χ3n) is 8.84. The lowest BCUT2D eigenvalue weighted by atomic mass is 9.90. The van der Waals surface area contributed by atoms with Crippen molar-refractivity contribution in [3.05, 3.63) is 65.4 Å². The Kier molecular flexibility index (Phi) is 11.4. The number of aryl methyl sites for hydroxylation is 2. The number of hydrogen-bond donors (Lipinski definition) is 2. The van der Waals surface area contributed by atoms with Crippen LogP contribution in [-0.4, -0.2) is 61.1 Å². The van der Waals surface area contributed by atoms with Gasteiger partial charge < -0.3 is 15.0 Å². The van der Waals surface area contributed by atoms with E-state index in [2.05, 4.69) is 26.1 Å². The molecule has 8 nitrogen and oxygen atoms in total. The summed E-state index contributed by atoms with van der Waals surface area (Å²) in [4.78, 5) is 27.2. The predicted molar refractivity (Wildman–Crippen MR) is 178 cm³/mol. The number of benzene rings is 2. The normalized spacial score (nSPS) is 16.6. The zero-order chi connectivity index (χ0) is 32.0. The summed E-state index contributed by atoms with van der Waals surface area (Å²) >= 11 is 0. The molecule has 3 aromatic rings. The van der Waals surface area contributed by atoms with Gasteiger partial charge in [-0.2, -0.15) is 0 Å². The van der Waals surface area contributed by atoms with E-state index in [0.717, 1.165) is 41.3 Å². The maximum atomic E-state index is 14.0. The summed E-state index contributed by atoms with van der Waals surface area (Å²) in [6.45, 7) is 8.97. The Hall–Kier alpha value is -3.01. The highest BCUT2D eigenvalue weighted by Gasteiger charge is 2.30. The molecule has 240 valence electrons. The first kappa shape index (κ1) is 33.9. The third kappa shape index (κ3) is 7.98. The van der Waals surface area contributed by atoms with E-state index in [0.29, 0.717) is 49.5 Å². The second-order valence-electron chi connectivity index (χ2n) is 12.7. The number of aliphatic hydroxyl groups is 1. The van der Waals surface area contributed by atoms with Crippen molar-refractivity contribution in [1.29, 1.82) is 0 Å². The van der Waals surface area contributed by atoms with Crippen molar-refractivity contribution in [2.75, 3.05) is 23.7 Å². The molecule has 2 aromatic carbocycles. The van der Waals surface area contributed by atoms with Gasteiger partial charge in [-0.15, -0.1) is 0 Å². The van der Waals surface area contributed by atoms with Crippen molar-refractivity contribution < 1.29 is 23.1 Å². The summed E-state index contributed by atoms with van der Waals surface area (Å²) in [6.07, 6.45) is 5.27. The van der Waals surface area contributed by atoms with E-state index in [1.54, 1.807) is 13.1 Å². The zero-order valence-electron chi connectivity index (χ0n) is 26.9. The van der Waals surface area contributed by atoms with Crippen molar-refractivity contribution in [1.82, 2.24) is 9.88 Å². The van der Waals surface area contributed by atoms with Crippen molar-refractivity contribution in [2.45, 2.75) is 91.3 Å². The molecule has 4 rings (SSSR count). The van der Waals surface area contributed by atoms with Crippen LogP contribution in [0.3, 0.4) is 0 Å². The number of nitrogens with zero attached hydrogens (tertiary/aromatic N) is 2. The smallest absolute Gasteiger partial charge is 0.236 e. The average Bonchev–Trinajstić information content (AvgIpc) is 3.32. The zero-order valence-corrected chi connectivity index (χ0v) is 27.7. The molecule has 1 aliphatic heterocycles. The van der Waals surface area contributed by atoms with Gasteiger partial charge in [0.25, 0.3) is 0 Å². The van der Waals surface area contributed by atoms with Gasteiger partial charge in [0.1, 0.15) is 0 Å². The van der Waals surface area contributed by atoms with E-state index in [1.807, 2.05) is 54.1 Å². The number of hydrogen-bond acceptors (Lipinski definition) is 6. The number of aromatic nitrogens is 1. The summed E-state index contributed by atoms with van der Waals surface area (Å²) in [5.74, 6) is 0.168. The van der Waals surface area contributed by atoms with Crippen LogP contribution in [0, 0.1) is 11.8 Å². The molecule has 44 heavy (non-hydrogen) atoms. The molecule has 0 aliphatic carbocycles. The topological polar surface area (TPSA) is 109 Å². The predicted octanol–water partition coefficient (Wildman–Crippen LogP) is 5.54. The van der Waals surface area contributed by atoms with Crippen LogP contribution in [0.5, 0.6) is 0 Å². The molecule has 0 bridgehead atoms. The molecule has 1 aromatic heterocycles. The standard InChI is InChI=1S/C35H49N3O5S/c1-6-11-31(39)34(32(40)15-14-24(3)4)36-22-26(18-25-12-9-8-10-13-25)19-33(41)28-20-29-27(7-2)23-38-16-17-44(42,43)37(5)30(21-28)35(29)38/h8-10,12-13,20-21,23-24,26,31,34,36,39H,6-7,11,14-19,22H2,1-5H3/t26-,31+,34+/m1/s1. The first-order chi connectivity index (χ1) is 20.9. The van der Waals surface area contributed by atoms with Crippen LogP contribution >= 0.6 is 0 Å². The van der Waals surface area contributed by atoms with E-state index in [-0.39, 0.29) is 29.7 Å². The van der Waals surface area contributed by atoms with Crippen molar-refractivity contribution >= 4 is 38.2 Å². The number of rotatable bonds is 16. The Morgan fingerprint density at radius 2 is 1.80 bits per heavy atom. The molecule has 0 radical (unpaired) electrons. The van der Waals surface area contributed by atoms with Gasteiger partial charge in [-0.25, -0.2) is 8.42 Å². The molecule has 9 heteroatoms. The maximum absolute atomic E-state index is 14.0. The number of anilines is 1. The fourth-order valence-corrected chi connectivity index (χ4v) is 7.34. The van der Waals surface area contributed by atoms with Gasteiger partial charge >= 0.3 is 0 Å². The monoisotopic (exact) mass is 623 g/mol. The fraction of sp³-hybridized carbons (Fsp3) is 0.543. The van der Waals surface area contributed by atoms with Crippen LogP contribution in [0.15, 0.2) is 48.7 Å². The molecule has 0 amide bonds. The van der Waals surface area contributed by atoms with Gasteiger partial charge in [-0.05, 0) is 67.3 Å². The fourth-order valence-electron chi connectivity index (χ4n) is 6.20. The van der Waals surface area contributed by atoms with Gasteiger partial charge in [0.15, 0.2) is 11.6 Å². The van der Waals surface area contributed by atoms with Gasteiger partial charge in [-0.1, -0.05) is 64.4 Å². The average molecular weight is 624 g/mol. The molecule has 0 fully saturated rings. The second kappa shape index (κ2) is 14.8. The Labute approximate surface area is 262 Å². The lowest BCUT2D eigenvalue weighted by Gasteiger charge is -2.26. The third-order valence-corrected chi connectivity index (χ3v) is 10.6. The van der Waals surface area contributed by atoms with E-state index in [4.69, 9.17) is 0 Å². The largest absolute Gasteiger partial charge is 0.391 e. The SMILES string of the molecule is CCC[C@H](O)[C@H](NC[C@@H](CC(=O)c1cc2c3c(c1)c(CC)cn3CCS(=O)(=O)N2C)Cc1ccccc1)C(=O)CCC(C)C. The molecule has 0 saturated heterocycles. The highest BCUT2D eigenvalue weighted by atomic mass is 32.2. The van der Waals surface area contributed by atoms with Gasteiger partial charge in [0.05, 0.1) is 29.1 Å². The minimum Gasteiger partial charge on any atom is -0.391 e. The quantitative estimate of drug-likeness (QED) is 0.203. The summed E-state index contributed by atoms with van der Waals surface area (Å²) < 4.78 is 29.3. The van der Waals surface area contributed by atoms with Gasteiger partial charge in [0.2, 0.25) is 10.0 Å². The number of Topliss-reactive ketones (excluding diaryl/α,β-unsaturated/α-hetero) is 2. The van der Waals surface area contributed by atoms with E-state index in [9.17, 15) is 23.1 Å². The van der Waals surface area contributed by atoms with Crippen molar-refractivity contribution in [3.8, 4) is 0 Å². The summed E-state index contributed by atoms with van der Waals surface area (Å²) in [5, 5.41) is 15.2. The lowest BCUT2D eigenvalue weighted by Crippen LogP contribution is -2.48. The highest BCUT2D eigenvalue weighted by molar-refractivity contribution is 7.92. The maximum Gasteiger partial charge on any atom is 0.236 e. The van der Waals surface area contributed by atoms with Crippen LogP contribution in [0.2, 0.25) is 0 Å². The lowest BCUT2D eigenvalue weighted by molar-refractivity contribution is -0.124. The first-order valence-electron chi connectivity index (χ1n) is 16.1. The number of aliphatic hydroxyl groups excluding tert-OH is 1. The molecule has 2 heterocycles. The minimum atomic E-state index is -3.52. The number of carbonyl (C=O) groups is 2. The van der Waals surface area contributed by atoms with Crippen LogP contribution in [-0.2, 0) is 34.2 Å². The molecule has 0 spiro atoms. The van der Waals surface area contributed by atoms with Gasteiger partial charge in [-0.3, -0.25) is 13.9 Å². The minimum absolute atomic E-state index is 0.000150. The van der Waals surface area contributed by atoms with Crippen LogP contribution in [0.25, 0.3) is 10.9 Å². The molecule has 0 saturated carbocycles. The molecular weight excluding hydrogens is 574 g/mol. The molecule has 3 atom stereocenters.